The molecule has 8 heteroatoms. The lowest BCUT2D eigenvalue weighted by atomic mass is 10.1. The number of thiophene rings is 1. The normalized spacial score (nSPS) is 15.0. The Balaban J connectivity index is 1.34. The number of amides is 1. The van der Waals surface area contributed by atoms with Crippen LogP contribution in [0.4, 0.5) is 0 Å². The number of pyridine rings is 1. The molecule has 0 aliphatic carbocycles. The van der Waals surface area contributed by atoms with E-state index in [1.807, 2.05) is 55.3 Å². The quantitative estimate of drug-likeness (QED) is 0.486. The van der Waals surface area contributed by atoms with Gasteiger partial charge in [0.15, 0.2) is 11.6 Å². The lowest BCUT2D eigenvalue weighted by molar-refractivity contribution is 0.0631. The molecule has 5 rings (SSSR count). The van der Waals surface area contributed by atoms with Gasteiger partial charge in [-0.3, -0.25) is 14.7 Å². The Morgan fingerprint density at radius 1 is 1.10 bits per heavy atom. The second-order valence-corrected chi connectivity index (χ2v) is 8.73. The van der Waals surface area contributed by atoms with Gasteiger partial charge >= 0.3 is 0 Å². The van der Waals surface area contributed by atoms with Crippen LogP contribution in [-0.4, -0.2) is 56.8 Å². The summed E-state index contributed by atoms with van der Waals surface area (Å²) < 4.78 is 5.45. The minimum absolute atomic E-state index is 0.0805. The Kier molecular flexibility index (Phi) is 5.25. The lowest BCUT2D eigenvalue weighted by Crippen LogP contribution is -2.48. The van der Waals surface area contributed by atoms with Gasteiger partial charge in [-0.2, -0.15) is 0 Å². The summed E-state index contributed by atoms with van der Waals surface area (Å²) in [6.07, 6.45) is 3.43. The molecule has 5 heterocycles. The van der Waals surface area contributed by atoms with E-state index in [9.17, 15) is 4.79 Å². The topological polar surface area (TPSA) is 75.4 Å². The van der Waals surface area contributed by atoms with Crippen molar-refractivity contribution in [2.75, 3.05) is 26.2 Å². The van der Waals surface area contributed by atoms with Crippen LogP contribution in [0.1, 0.15) is 26.6 Å². The van der Waals surface area contributed by atoms with E-state index < -0.39 is 0 Å². The smallest absolute Gasteiger partial charge is 0.264 e. The first-order valence-corrected chi connectivity index (χ1v) is 11.1. The van der Waals surface area contributed by atoms with Gasteiger partial charge in [0.25, 0.3) is 5.91 Å². The van der Waals surface area contributed by atoms with Crippen molar-refractivity contribution in [3.63, 3.8) is 0 Å². The number of hydrogen-bond donors (Lipinski definition) is 0. The average molecular weight is 434 g/mol. The summed E-state index contributed by atoms with van der Waals surface area (Å²) in [5.41, 5.74) is 2.89. The van der Waals surface area contributed by atoms with E-state index in [1.165, 1.54) is 11.3 Å². The molecule has 0 unspecified atom stereocenters. The van der Waals surface area contributed by atoms with E-state index in [-0.39, 0.29) is 5.91 Å². The third-order valence-electron chi connectivity index (χ3n) is 5.68. The minimum atomic E-state index is 0.0805. The van der Waals surface area contributed by atoms with E-state index in [2.05, 4.69) is 19.9 Å². The highest BCUT2D eigenvalue weighted by Gasteiger charge is 2.27. The van der Waals surface area contributed by atoms with Crippen molar-refractivity contribution >= 4 is 27.5 Å². The Hall–Kier alpha value is -3.10. The molecule has 0 bridgehead atoms. The maximum absolute atomic E-state index is 13.3. The number of hydrogen-bond acceptors (Lipinski definition) is 7. The number of nitrogens with zero attached hydrogens (tertiary/aromatic N) is 5. The zero-order valence-electron chi connectivity index (χ0n) is 17.5. The number of furan rings is 1. The van der Waals surface area contributed by atoms with Crippen LogP contribution in [0.2, 0.25) is 0 Å². The molecule has 0 saturated carbocycles. The first-order valence-electron chi connectivity index (χ1n) is 10.3. The number of rotatable bonds is 4. The summed E-state index contributed by atoms with van der Waals surface area (Å²) in [5, 5.41) is 0.970. The fourth-order valence-electron chi connectivity index (χ4n) is 4.03. The van der Waals surface area contributed by atoms with Gasteiger partial charge in [-0.15, -0.1) is 11.3 Å². The van der Waals surface area contributed by atoms with E-state index in [0.29, 0.717) is 24.7 Å². The predicted octanol–water partition coefficient (Wildman–Crippen LogP) is 3.92. The highest BCUT2D eigenvalue weighted by atomic mass is 32.1. The Morgan fingerprint density at radius 3 is 2.65 bits per heavy atom. The van der Waals surface area contributed by atoms with Gasteiger partial charge < -0.3 is 9.32 Å². The summed E-state index contributed by atoms with van der Waals surface area (Å²) in [5.74, 6) is 1.27. The summed E-state index contributed by atoms with van der Waals surface area (Å²) >= 11 is 1.45. The second kappa shape index (κ2) is 8.20. The van der Waals surface area contributed by atoms with Crippen LogP contribution in [0.3, 0.4) is 0 Å². The molecule has 1 aliphatic rings. The predicted molar refractivity (Wildman–Crippen MR) is 120 cm³/mol. The largest absolute Gasteiger partial charge is 0.461 e. The molecule has 0 N–H and O–H groups in total. The summed E-state index contributed by atoms with van der Waals surface area (Å²) in [4.78, 5) is 32.9. The van der Waals surface area contributed by atoms with E-state index >= 15 is 0 Å². The molecule has 1 saturated heterocycles. The van der Waals surface area contributed by atoms with Crippen molar-refractivity contribution in [3.8, 4) is 11.6 Å². The Labute approximate surface area is 184 Å². The van der Waals surface area contributed by atoms with Crippen molar-refractivity contribution in [3.05, 3.63) is 64.6 Å². The van der Waals surface area contributed by atoms with Crippen molar-refractivity contribution in [1.29, 1.82) is 0 Å². The van der Waals surface area contributed by atoms with Gasteiger partial charge in [0.2, 0.25) is 0 Å². The molecular weight excluding hydrogens is 410 g/mol. The van der Waals surface area contributed by atoms with E-state index in [1.54, 1.807) is 6.26 Å². The zero-order chi connectivity index (χ0) is 21.4. The van der Waals surface area contributed by atoms with Crippen molar-refractivity contribution in [1.82, 2.24) is 24.8 Å². The molecule has 31 heavy (non-hydrogen) atoms. The summed E-state index contributed by atoms with van der Waals surface area (Å²) in [7, 11) is 0. The number of fused-ring (bicyclic) bond motifs is 1. The maximum Gasteiger partial charge on any atom is 0.264 e. The summed E-state index contributed by atoms with van der Waals surface area (Å²) in [6.45, 7) is 7.87. The number of carbonyl (C=O) groups is 1. The molecule has 1 aliphatic heterocycles. The van der Waals surface area contributed by atoms with Gasteiger partial charge in [-0.1, -0.05) is 6.07 Å². The molecule has 158 valence electrons. The van der Waals surface area contributed by atoms with Crippen LogP contribution in [0.15, 0.2) is 47.2 Å². The molecule has 4 aromatic heterocycles. The Bertz CT molecular complexity index is 1210. The third kappa shape index (κ3) is 3.84. The molecule has 1 amide bonds. The molecule has 0 aromatic carbocycles. The van der Waals surface area contributed by atoms with Crippen LogP contribution < -0.4 is 0 Å². The van der Waals surface area contributed by atoms with Crippen LogP contribution in [0.25, 0.3) is 21.8 Å². The molecule has 0 spiro atoms. The fourth-order valence-corrected chi connectivity index (χ4v) is 5.23. The number of aromatic nitrogens is 3. The number of piperazine rings is 1. The SMILES string of the molecule is Cc1nc(-c2ccco2)nc2sc(C(=O)N3CCN(Cc4ccccn4)CC3)c(C)c12. The molecule has 4 aromatic rings. The van der Waals surface area contributed by atoms with E-state index in [4.69, 9.17) is 4.42 Å². The van der Waals surface area contributed by atoms with Crippen molar-refractivity contribution < 1.29 is 9.21 Å². The number of carbonyl (C=O) groups excluding carboxylic acids is 1. The standard InChI is InChI=1S/C23H23N5O2S/c1-15-19-16(2)25-21(18-7-5-13-30-18)26-22(19)31-20(15)23(29)28-11-9-27(10-12-28)14-17-6-3-4-8-24-17/h3-8,13H,9-12,14H2,1-2H3. The second-order valence-electron chi connectivity index (χ2n) is 7.74. The molecule has 0 radical (unpaired) electrons. The molecule has 1 fully saturated rings. The average Bonchev–Trinajstić information content (AvgIpc) is 3.43. The zero-order valence-corrected chi connectivity index (χ0v) is 18.4. The first kappa shape index (κ1) is 19.8. The van der Waals surface area contributed by atoms with Gasteiger partial charge in [-0.25, -0.2) is 9.97 Å². The van der Waals surface area contributed by atoms with Crippen LogP contribution in [-0.2, 0) is 6.54 Å². The molecule has 7 nitrogen and oxygen atoms in total. The first-order chi connectivity index (χ1) is 15.1. The highest BCUT2D eigenvalue weighted by Crippen LogP contribution is 2.34. The molecular formula is C23H23N5O2S. The van der Waals surface area contributed by atoms with Crippen LogP contribution in [0.5, 0.6) is 0 Å². The van der Waals surface area contributed by atoms with Gasteiger partial charge in [0.1, 0.15) is 4.83 Å². The highest BCUT2D eigenvalue weighted by molar-refractivity contribution is 7.20. The van der Waals surface area contributed by atoms with Crippen molar-refractivity contribution in [2.45, 2.75) is 20.4 Å². The molecule has 0 atom stereocenters. The van der Waals surface area contributed by atoms with Crippen LogP contribution >= 0.6 is 11.3 Å². The fraction of sp³-hybridized carbons (Fsp3) is 0.304. The van der Waals surface area contributed by atoms with Crippen molar-refractivity contribution in [2.24, 2.45) is 0 Å². The van der Waals surface area contributed by atoms with Crippen LogP contribution in [0, 0.1) is 13.8 Å². The number of aryl methyl sites for hydroxylation is 2. The van der Waals surface area contributed by atoms with Gasteiger partial charge in [0, 0.05) is 44.3 Å². The lowest BCUT2D eigenvalue weighted by Gasteiger charge is -2.34. The van der Waals surface area contributed by atoms with Gasteiger partial charge in [-0.05, 0) is 43.7 Å². The van der Waals surface area contributed by atoms with Gasteiger partial charge in [0.05, 0.1) is 22.5 Å². The third-order valence-corrected chi connectivity index (χ3v) is 6.85. The Morgan fingerprint density at radius 2 is 1.94 bits per heavy atom. The maximum atomic E-state index is 13.3. The summed E-state index contributed by atoms with van der Waals surface area (Å²) in [6, 6.07) is 9.64. The minimum Gasteiger partial charge on any atom is -0.461 e. The van der Waals surface area contributed by atoms with E-state index in [0.717, 1.165) is 51.7 Å². The monoisotopic (exact) mass is 433 g/mol.